The quantitative estimate of drug-likeness (QED) is 0.794. The molecule has 4 rings (SSSR count). The van der Waals surface area contributed by atoms with E-state index in [0.29, 0.717) is 24.7 Å². The van der Waals surface area contributed by atoms with Gasteiger partial charge in [-0.3, -0.25) is 4.79 Å². The Balaban J connectivity index is 1.49. The van der Waals surface area contributed by atoms with Gasteiger partial charge >= 0.3 is 0 Å². The lowest BCUT2D eigenvalue weighted by Gasteiger charge is -2.40. The molecule has 0 saturated carbocycles. The number of likely N-dealkylation sites (N-methyl/N-ethyl adjacent to an activating group) is 1. The molecule has 6 heteroatoms. The van der Waals surface area contributed by atoms with Crippen molar-refractivity contribution in [1.82, 2.24) is 9.80 Å². The van der Waals surface area contributed by atoms with Crippen molar-refractivity contribution in [2.24, 2.45) is 0 Å². The second kappa shape index (κ2) is 8.02. The number of nitrogens with zero attached hydrogens (tertiary/aromatic N) is 3. The van der Waals surface area contributed by atoms with Gasteiger partial charge in [-0.05, 0) is 36.4 Å². The number of amides is 1. The molecular weight excluding hydrogens is 374 g/mol. The zero-order valence-electron chi connectivity index (χ0n) is 16.4. The molecule has 5 nitrogen and oxygen atoms in total. The topological polar surface area (TPSA) is 36.0 Å². The normalized spacial score (nSPS) is 20.0. The van der Waals surface area contributed by atoms with Gasteiger partial charge in [0.2, 0.25) is 5.91 Å². The summed E-state index contributed by atoms with van der Waals surface area (Å²) >= 11 is 6.49. The van der Waals surface area contributed by atoms with Crippen molar-refractivity contribution in [2.75, 3.05) is 51.8 Å². The van der Waals surface area contributed by atoms with Crippen molar-refractivity contribution in [2.45, 2.75) is 12.5 Å². The van der Waals surface area contributed by atoms with Crippen LogP contribution >= 0.6 is 11.6 Å². The van der Waals surface area contributed by atoms with Crippen molar-refractivity contribution in [3.8, 4) is 5.75 Å². The SMILES string of the molecule is COc1ccccc1N1CCN(C(=O)C2CN(C)Cc3cccc(Cl)c32)CC1. The average molecular weight is 400 g/mol. The van der Waals surface area contributed by atoms with E-state index in [1.165, 1.54) is 0 Å². The van der Waals surface area contributed by atoms with Gasteiger partial charge in [0.25, 0.3) is 0 Å². The van der Waals surface area contributed by atoms with Crippen LogP contribution in [0.5, 0.6) is 5.75 Å². The number of piperazine rings is 1. The summed E-state index contributed by atoms with van der Waals surface area (Å²) in [6, 6.07) is 14.0. The molecule has 2 aliphatic heterocycles. The number of halogens is 1. The fourth-order valence-electron chi connectivity index (χ4n) is 4.35. The second-order valence-electron chi connectivity index (χ2n) is 7.55. The van der Waals surface area contributed by atoms with Gasteiger partial charge in [0, 0.05) is 44.3 Å². The average Bonchev–Trinajstić information content (AvgIpc) is 2.72. The van der Waals surface area contributed by atoms with Crippen LogP contribution in [0.2, 0.25) is 5.02 Å². The van der Waals surface area contributed by atoms with Gasteiger partial charge in [-0.2, -0.15) is 0 Å². The highest BCUT2D eigenvalue weighted by atomic mass is 35.5. The Morgan fingerprint density at radius 1 is 1.07 bits per heavy atom. The number of ether oxygens (including phenoxy) is 1. The third-order valence-electron chi connectivity index (χ3n) is 5.74. The van der Waals surface area contributed by atoms with Crippen LogP contribution in [0.3, 0.4) is 0 Å². The van der Waals surface area contributed by atoms with E-state index in [4.69, 9.17) is 16.3 Å². The van der Waals surface area contributed by atoms with Gasteiger partial charge in [0.15, 0.2) is 0 Å². The Morgan fingerprint density at radius 2 is 1.82 bits per heavy atom. The van der Waals surface area contributed by atoms with Gasteiger partial charge in [-0.1, -0.05) is 35.9 Å². The summed E-state index contributed by atoms with van der Waals surface area (Å²) in [6.07, 6.45) is 0. The number of carbonyl (C=O) groups excluding carboxylic acids is 1. The van der Waals surface area contributed by atoms with E-state index < -0.39 is 0 Å². The predicted molar refractivity (Wildman–Crippen MR) is 112 cm³/mol. The van der Waals surface area contributed by atoms with Gasteiger partial charge in [0.05, 0.1) is 18.7 Å². The Hall–Kier alpha value is -2.24. The zero-order chi connectivity index (χ0) is 19.7. The van der Waals surface area contributed by atoms with E-state index >= 15 is 0 Å². The molecule has 1 unspecified atom stereocenters. The Morgan fingerprint density at radius 3 is 2.57 bits per heavy atom. The molecule has 2 aromatic carbocycles. The minimum Gasteiger partial charge on any atom is -0.495 e. The highest BCUT2D eigenvalue weighted by Crippen LogP contribution is 2.35. The monoisotopic (exact) mass is 399 g/mol. The van der Waals surface area contributed by atoms with E-state index in [-0.39, 0.29) is 11.8 Å². The van der Waals surface area contributed by atoms with Crippen LogP contribution < -0.4 is 9.64 Å². The molecule has 148 valence electrons. The Labute approximate surface area is 171 Å². The summed E-state index contributed by atoms with van der Waals surface area (Å²) in [5.41, 5.74) is 3.26. The Kier molecular flexibility index (Phi) is 5.47. The molecule has 0 radical (unpaired) electrons. The highest BCUT2D eigenvalue weighted by molar-refractivity contribution is 6.31. The summed E-state index contributed by atoms with van der Waals surface area (Å²) in [7, 11) is 3.75. The number of hydrogen-bond donors (Lipinski definition) is 0. The lowest BCUT2D eigenvalue weighted by Crippen LogP contribution is -2.51. The molecule has 2 aliphatic rings. The lowest BCUT2D eigenvalue weighted by atomic mass is 9.88. The smallest absolute Gasteiger partial charge is 0.231 e. The van der Waals surface area contributed by atoms with E-state index in [0.717, 1.165) is 42.2 Å². The minimum absolute atomic E-state index is 0.181. The number of fused-ring (bicyclic) bond motifs is 1. The summed E-state index contributed by atoms with van der Waals surface area (Å²) in [5, 5.41) is 0.705. The molecule has 28 heavy (non-hydrogen) atoms. The minimum atomic E-state index is -0.194. The maximum atomic E-state index is 13.4. The van der Waals surface area contributed by atoms with Crippen molar-refractivity contribution < 1.29 is 9.53 Å². The predicted octanol–water partition coefficient (Wildman–Crippen LogP) is 3.23. The maximum Gasteiger partial charge on any atom is 0.231 e. The second-order valence-corrected chi connectivity index (χ2v) is 7.95. The molecule has 0 N–H and O–H groups in total. The summed E-state index contributed by atoms with van der Waals surface area (Å²) < 4.78 is 5.49. The van der Waals surface area contributed by atoms with E-state index in [2.05, 4.69) is 29.0 Å². The fourth-order valence-corrected chi connectivity index (χ4v) is 4.67. The van der Waals surface area contributed by atoms with E-state index in [1.807, 2.05) is 35.2 Å². The number of anilines is 1. The van der Waals surface area contributed by atoms with Gasteiger partial charge in [0.1, 0.15) is 5.75 Å². The largest absolute Gasteiger partial charge is 0.495 e. The summed E-state index contributed by atoms with van der Waals surface area (Å²) in [5.74, 6) is 0.859. The van der Waals surface area contributed by atoms with Crippen molar-refractivity contribution >= 4 is 23.2 Å². The van der Waals surface area contributed by atoms with E-state index in [9.17, 15) is 4.79 Å². The number of benzene rings is 2. The Bertz CT molecular complexity index is 865. The first kappa shape index (κ1) is 19.1. The molecule has 0 aromatic heterocycles. The maximum absolute atomic E-state index is 13.4. The van der Waals surface area contributed by atoms with Crippen LogP contribution in [0.15, 0.2) is 42.5 Å². The number of rotatable bonds is 3. The van der Waals surface area contributed by atoms with Crippen LogP contribution in [0.1, 0.15) is 17.0 Å². The standard InChI is InChI=1S/C22H26ClN3O2/c1-24-14-16-6-5-7-18(23)21(16)17(15-24)22(27)26-12-10-25(11-13-26)19-8-3-4-9-20(19)28-2/h3-9,17H,10-15H2,1-2H3. The third kappa shape index (κ3) is 3.56. The van der Waals surface area contributed by atoms with Crippen LogP contribution in [0.25, 0.3) is 0 Å². The van der Waals surface area contributed by atoms with Gasteiger partial charge in [-0.15, -0.1) is 0 Å². The highest BCUT2D eigenvalue weighted by Gasteiger charge is 2.35. The fraction of sp³-hybridized carbons (Fsp3) is 0.409. The molecule has 1 fully saturated rings. The first-order valence-electron chi connectivity index (χ1n) is 9.71. The van der Waals surface area contributed by atoms with E-state index in [1.54, 1.807) is 7.11 Å². The van der Waals surface area contributed by atoms with Crippen LogP contribution in [-0.2, 0) is 11.3 Å². The number of methoxy groups -OCH3 is 1. The van der Waals surface area contributed by atoms with Gasteiger partial charge in [-0.25, -0.2) is 0 Å². The third-order valence-corrected chi connectivity index (χ3v) is 6.07. The molecule has 2 heterocycles. The first-order chi connectivity index (χ1) is 13.6. The number of para-hydroxylation sites is 2. The zero-order valence-corrected chi connectivity index (χ0v) is 17.2. The van der Waals surface area contributed by atoms with Crippen LogP contribution in [0.4, 0.5) is 5.69 Å². The first-order valence-corrected chi connectivity index (χ1v) is 10.1. The van der Waals surface area contributed by atoms with Gasteiger partial charge < -0.3 is 19.4 Å². The lowest BCUT2D eigenvalue weighted by molar-refractivity contribution is -0.133. The molecule has 1 atom stereocenters. The molecular formula is C22H26ClN3O2. The molecule has 0 bridgehead atoms. The number of hydrogen-bond acceptors (Lipinski definition) is 4. The van der Waals surface area contributed by atoms with Crippen molar-refractivity contribution in [3.63, 3.8) is 0 Å². The van der Waals surface area contributed by atoms with Crippen molar-refractivity contribution in [1.29, 1.82) is 0 Å². The molecule has 0 spiro atoms. The molecule has 1 saturated heterocycles. The van der Waals surface area contributed by atoms with Crippen LogP contribution in [-0.4, -0.2) is 62.6 Å². The summed E-state index contributed by atoms with van der Waals surface area (Å²) in [6.45, 7) is 4.55. The van der Waals surface area contributed by atoms with Crippen LogP contribution in [0, 0.1) is 0 Å². The molecule has 2 aromatic rings. The molecule has 0 aliphatic carbocycles. The number of carbonyl (C=O) groups is 1. The van der Waals surface area contributed by atoms with Crippen molar-refractivity contribution in [3.05, 3.63) is 58.6 Å². The summed E-state index contributed by atoms with van der Waals surface area (Å²) in [4.78, 5) is 19.9. The molecule has 1 amide bonds.